The van der Waals surface area contributed by atoms with Crippen molar-refractivity contribution in [2.24, 2.45) is 0 Å². The highest BCUT2D eigenvalue weighted by Crippen LogP contribution is 2.11. The number of aliphatic hydroxyl groups excluding tert-OH is 1. The standard InChI is InChI=1S/C17H24N2O6/c1-17(2,3)25-16(24)19-13(15(22)23)8-9-14(21)18-12-6-4-11(10-20)5-7-12/h4-7,13,20H,8-10H2,1-3H3,(H,18,21)(H,19,24)(H,22,23). The summed E-state index contributed by atoms with van der Waals surface area (Å²) < 4.78 is 5.01. The maximum absolute atomic E-state index is 11.9. The molecule has 0 radical (unpaired) electrons. The minimum absolute atomic E-state index is 0.0743. The molecule has 0 spiro atoms. The largest absolute Gasteiger partial charge is 0.480 e. The number of ether oxygens (including phenoxy) is 1. The number of carbonyl (C=O) groups excluding carboxylic acids is 2. The van der Waals surface area contributed by atoms with Crippen LogP contribution in [0.3, 0.4) is 0 Å². The minimum atomic E-state index is -1.24. The van der Waals surface area contributed by atoms with E-state index >= 15 is 0 Å². The van der Waals surface area contributed by atoms with Gasteiger partial charge >= 0.3 is 12.1 Å². The van der Waals surface area contributed by atoms with Crippen LogP contribution in [0.25, 0.3) is 0 Å². The van der Waals surface area contributed by atoms with Gasteiger partial charge in [0.1, 0.15) is 11.6 Å². The fourth-order valence-electron chi connectivity index (χ4n) is 1.90. The van der Waals surface area contributed by atoms with E-state index in [9.17, 15) is 14.4 Å². The number of anilines is 1. The third-order valence-electron chi connectivity index (χ3n) is 3.07. The van der Waals surface area contributed by atoms with Crippen molar-refractivity contribution in [3.63, 3.8) is 0 Å². The Morgan fingerprint density at radius 1 is 1.16 bits per heavy atom. The van der Waals surface area contributed by atoms with E-state index in [1.165, 1.54) is 0 Å². The van der Waals surface area contributed by atoms with Crippen molar-refractivity contribution < 1.29 is 29.3 Å². The summed E-state index contributed by atoms with van der Waals surface area (Å²) in [6.07, 6.45) is -1.01. The molecule has 138 valence electrons. The summed E-state index contributed by atoms with van der Waals surface area (Å²) in [5.41, 5.74) is 0.505. The highest BCUT2D eigenvalue weighted by atomic mass is 16.6. The van der Waals surface area contributed by atoms with Gasteiger partial charge in [-0.3, -0.25) is 4.79 Å². The number of nitrogens with one attached hydrogen (secondary N) is 2. The van der Waals surface area contributed by atoms with Crippen LogP contribution in [-0.2, 0) is 20.9 Å². The Hall–Kier alpha value is -2.61. The van der Waals surface area contributed by atoms with Crippen molar-refractivity contribution >= 4 is 23.7 Å². The second kappa shape index (κ2) is 9.03. The van der Waals surface area contributed by atoms with Gasteiger partial charge in [-0.2, -0.15) is 0 Å². The maximum atomic E-state index is 11.9. The van der Waals surface area contributed by atoms with Crippen LogP contribution in [0.2, 0.25) is 0 Å². The molecule has 8 nitrogen and oxygen atoms in total. The molecule has 2 amide bonds. The van der Waals surface area contributed by atoms with Crippen LogP contribution in [0.4, 0.5) is 10.5 Å². The predicted molar refractivity (Wildman–Crippen MR) is 91.0 cm³/mol. The number of hydrogen-bond acceptors (Lipinski definition) is 5. The Bertz CT molecular complexity index is 607. The van der Waals surface area contributed by atoms with Gasteiger partial charge in [-0.1, -0.05) is 12.1 Å². The van der Waals surface area contributed by atoms with Crippen LogP contribution in [-0.4, -0.2) is 39.8 Å². The third-order valence-corrected chi connectivity index (χ3v) is 3.07. The Morgan fingerprint density at radius 3 is 2.24 bits per heavy atom. The molecule has 0 aliphatic heterocycles. The number of carboxylic acid groups (broad SMARTS) is 1. The summed E-state index contributed by atoms with van der Waals surface area (Å²) >= 11 is 0. The lowest BCUT2D eigenvalue weighted by atomic mass is 10.1. The second-order valence-corrected chi connectivity index (χ2v) is 6.48. The number of benzene rings is 1. The van der Waals surface area contributed by atoms with Gasteiger partial charge in [-0.25, -0.2) is 9.59 Å². The van der Waals surface area contributed by atoms with Gasteiger partial charge in [0, 0.05) is 12.1 Å². The van der Waals surface area contributed by atoms with Crippen LogP contribution in [0.1, 0.15) is 39.2 Å². The average molecular weight is 352 g/mol. The van der Waals surface area contributed by atoms with Crippen molar-refractivity contribution in [1.29, 1.82) is 0 Å². The zero-order chi connectivity index (χ0) is 19.0. The first-order valence-corrected chi connectivity index (χ1v) is 7.82. The number of hydrogen-bond donors (Lipinski definition) is 4. The lowest BCUT2D eigenvalue weighted by Crippen LogP contribution is -2.43. The van der Waals surface area contributed by atoms with Crippen molar-refractivity contribution in [3.8, 4) is 0 Å². The number of carbonyl (C=O) groups is 3. The van der Waals surface area contributed by atoms with Gasteiger partial charge in [0.2, 0.25) is 5.91 Å². The molecule has 1 unspecified atom stereocenters. The van der Waals surface area contributed by atoms with Gasteiger partial charge in [0.15, 0.2) is 0 Å². The molecular weight excluding hydrogens is 328 g/mol. The summed E-state index contributed by atoms with van der Waals surface area (Å²) in [5, 5.41) is 23.0. The van der Waals surface area contributed by atoms with E-state index in [0.29, 0.717) is 11.3 Å². The zero-order valence-electron chi connectivity index (χ0n) is 14.5. The normalized spacial score (nSPS) is 12.2. The Labute approximate surface area is 146 Å². The van der Waals surface area contributed by atoms with Crippen LogP contribution in [0, 0.1) is 0 Å². The highest BCUT2D eigenvalue weighted by Gasteiger charge is 2.24. The van der Waals surface area contributed by atoms with Gasteiger partial charge in [0.05, 0.1) is 6.61 Å². The monoisotopic (exact) mass is 352 g/mol. The molecule has 0 aliphatic carbocycles. The topological polar surface area (TPSA) is 125 Å². The first-order valence-electron chi connectivity index (χ1n) is 7.82. The number of aliphatic carboxylic acids is 1. The van der Waals surface area contributed by atoms with Crippen LogP contribution in [0.5, 0.6) is 0 Å². The van der Waals surface area contributed by atoms with Crippen molar-refractivity contribution in [1.82, 2.24) is 5.32 Å². The van der Waals surface area contributed by atoms with Gasteiger partial charge in [-0.05, 0) is 44.9 Å². The lowest BCUT2D eigenvalue weighted by molar-refractivity contribution is -0.139. The molecule has 0 saturated heterocycles. The smallest absolute Gasteiger partial charge is 0.408 e. The van der Waals surface area contributed by atoms with E-state index in [1.54, 1.807) is 45.0 Å². The number of aliphatic hydroxyl groups is 1. The predicted octanol–water partition coefficient (Wildman–Crippen LogP) is 1.88. The Kier molecular flexibility index (Phi) is 7.38. The number of carboxylic acids is 1. The summed E-state index contributed by atoms with van der Waals surface area (Å²) in [5.74, 6) is -1.63. The molecule has 0 saturated carbocycles. The van der Waals surface area contributed by atoms with Crippen molar-refractivity contribution in [3.05, 3.63) is 29.8 Å². The van der Waals surface area contributed by atoms with Crippen LogP contribution in [0.15, 0.2) is 24.3 Å². The first kappa shape index (κ1) is 20.4. The first-order chi connectivity index (χ1) is 11.6. The molecule has 25 heavy (non-hydrogen) atoms. The minimum Gasteiger partial charge on any atom is -0.480 e. The molecule has 8 heteroatoms. The van der Waals surface area contributed by atoms with E-state index in [2.05, 4.69) is 10.6 Å². The van der Waals surface area contributed by atoms with E-state index in [1.807, 2.05) is 0 Å². The van der Waals surface area contributed by atoms with Gasteiger partial charge in [-0.15, -0.1) is 0 Å². The Balaban J connectivity index is 2.51. The fourth-order valence-corrected chi connectivity index (χ4v) is 1.90. The van der Waals surface area contributed by atoms with Crippen molar-refractivity contribution in [2.75, 3.05) is 5.32 Å². The average Bonchev–Trinajstić information content (AvgIpc) is 2.50. The molecule has 0 aromatic heterocycles. The summed E-state index contributed by atoms with van der Waals surface area (Å²) in [7, 11) is 0. The molecule has 1 aromatic carbocycles. The van der Waals surface area contributed by atoms with E-state index in [0.717, 1.165) is 0 Å². The highest BCUT2D eigenvalue weighted by molar-refractivity contribution is 5.91. The van der Waals surface area contributed by atoms with E-state index < -0.39 is 23.7 Å². The molecule has 1 rings (SSSR count). The molecule has 1 aromatic rings. The lowest BCUT2D eigenvalue weighted by Gasteiger charge is -2.21. The molecule has 4 N–H and O–H groups in total. The zero-order valence-corrected chi connectivity index (χ0v) is 14.5. The van der Waals surface area contributed by atoms with Gasteiger partial charge in [0.25, 0.3) is 0 Å². The van der Waals surface area contributed by atoms with Crippen molar-refractivity contribution in [2.45, 2.75) is 51.9 Å². The third kappa shape index (κ3) is 8.16. The van der Waals surface area contributed by atoms with Crippen LogP contribution >= 0.6 is 0 Å². The number of alkyl carbamates (subject to hydrolysis) is 1. The SMILES string of the molecule is CC(C)(C)OC(=O)NC(CCC(=O)Nc1ccc(CO)cc1)C(=O)O. The molecule has 1 atom stereocenters. The summed E-state index contributed by atoms with van der Waals surface area (Å²) in [6, 6.07) is 5.38. The fraction of sp³-hybridized carbons (Fsp3) is 0.471. The Morgan fingerprint density at radius 2 is 1.76 bits per heavy atom. The summed E-state index contributed by atoms with van der Waals surface area (Å²) in [4.78, 5) is 34.8. The molecule has 0 fully saturated rings. The number of rotatable bonds is 7. The van der Waals surface area contributed by atoms with E-state index in [-0.39, 0.29) is 25.4 Å². The molecular formula is C17H24N2O6. The molecule has 0 bridgehead atoms. The van der Waals surface area contributed by atoms with Gasteiger partial charge < -0.3 is 25.6 Å². The molecule has 0 aliphatic rings. The second-order valence-electron chi connectivity index (χ2n) is 6.48. The number of amides is 2. The molecule has 0 heterocycles. The van der Waals surface area contributed by atoms with Crippen LogP contribution < -0.4 is 10.6 Å². The maximum Gasteiger partial charge on any atom is 0.408 e. The summed E-state index contributed by atoms with van der Waals surface area (Å²) in [6.45, 7) is 4.90. The van der Waals surface area contributed by atoms with E-state index in [4.69, 9.17) is 14.9 Å². The quantitative estimate of drug-likeness (QED) is 0.594.